The third kappa shape index (κ3) is 5.93. The molecule has 128 valence electrons. The molecule has 0 aliphatic rings. The van der Waals surface area contributed by atoms with Crippen molar-refractivity contribution in [2.75, 3.05) is 0 Å². The average molecular weight is 322 g/mol. The number of carboxylic acid groups (broad SMARTS) is 2. The van der Waals surface area contributed by atoms with Gasteiger partial charge >= 0.3 is 17.5 Å². The number of para-hydroxylation sites is 1. The van der Waals surface area contributed by atoms with Gasteiger partial charge in [-0.1, -0.05) is 63.6 Å². The summed E-state index contributed by atoms with van der Waals surface area (Å²) < 4.78 is 5.37. The maximum atomic E-state index is 11.6. The van der Waals surface area contributed by atoms with Crippen LogP contribution in [0.1, 0.15) is 58.3 Å². The van der Waals surface area contributed by atoms with Gasteiger partial charge in [0, 0.05) is 6.42 Å². The second kappa shape index (κ2) is 9.87. The molecule has 0 saturated heterocycles. The summed E-state index contributed by atoms with van der Waals surface area (Å²) in [4.78, 5) is 23.1. The lowest BCUT2D eigenvalue weighted by molar-refractivity contribution is -0.173. The normalized spacial score (nSPS) is 11.2. The van der Waals surface area contributed by atoms with Crippen molar-refractivity contribution in [3.63, 3.8) is 0 Å². The molecule has 23 heavy (non-hydrogen) atoms. The third-order valence-corrected chi connectivity index (χ3v) is 3.86. The molecule has 0 aliphatic carbocycles. The number of unbranched alkanes of at least 4 members (excludes halogenated alkanes) is 6. The zero-order chi connectivity index (χ0) is 17.1. The monoisotopic (exact) mass is 322 g/mol. The van der Waals surface area contributed by atoms with Gasteiger partial charge in [0.2, 0.25) is 0 Å². The average Bonchev–Trinajstić information content (AvgIpc) is 2.53. The molecule has 0 fully saturated rings. The van der Waals surface area contributed by atoms with E-state index in [1.165, 1.54) is 19.3 Å². The van der Waals surface area contributed by atoms with E-state index >= 15 is 0 Å². The molecule has 0 heterocycles. The molecule has 0 atom stereocenters. The van der Waals surface area contributed by atoms with E-state index in [0.29, 0.717) is 6.42 Å². The Hall–Kier alpha value is -2.04. The first-order valence-corrected chi connectivity index (χ1v) is 8.24. The molecule has 1 rings (SSSR count). The fourth-order valence-electron chi connectivity index (χ4n) is 2.46. The first-order valence-electron chi connectivity index (χ1n) is 8.24. The lowest BCUT2D eigenvalue weighted by atomic mass is 9.95. The first kappa shape index (κ1) is 19.0. The van der Waals surface area contributed by atoms with Gasteiger partial charge in [0.05, 0.1) is 0 Å². The van der Waals surface area contributed by atoms with Crippen LogP contribution in [0.3, 0.4) is 0 Å². The highest BCUT2D eigenvalue weighted by Gasteiger charge is 2.49. The minimum atomic E-state index is -2.22. The Bertz CT molecular complexity index is 469. The summed E-state index contributed by atoms with van der Waals surface area (Å²) in [5.74, 6) is -2.67. The zero-order valence-corrected chi connectivity index (χ0v) is 13.7. The number of carbonyl (C=O) groups is 2. The van der Waals surface area contributed by atoms with Gasteiger partial charge in [0.15, 0.2) is 0 Å². The van der Waals surface area contributed by atoms with Crippen molar-refractivity contribution < 1.29 is 24.5 Å². The molecular formula is C18H26O5. The fraction of sp³-hybridized carbons (Fsp3) is 0.556. The van der Waals surface area contributed by atoms with Gasteiger partial charge in [-0.25, -0.2) is 9.59 Å². The van der Waals surface area contributed by atoms with E-state index in [0.717, 1.165) is 19.3 Å². The molecule has 1 aromatic carbocycles. The molecule has 0 aromatic heterocycles. The van der Waals surface area contributed by atoms with E-state index < -0.39 is 17.5 Å². The van der Waals surface area contributed by atoms with Crippen LogP contribution >= 0.6 is 0 Å². The predicted molar refractivity (Wildman–Crippen MR) is 87.7 cm³/mol. The number of carboxylic acids is 2. The van der Waals surface area contributed by atoms with Gasteiger partial charge in [-0.05, 0) is 18.6 Å². The number of hydrogen-bond acceptors (Lipinski definition) is 3. The van der Waals surface area contributed by atoms with Crippen molar-refractivity contribution in [3.8, 4) is 5.75 Å². The quantitative estimate of drug-likeness (QED) is 0.447. The number of hydrogen-bond donors (Lipinski definition) is 2. The van der Waals surface area contributed by atoms with Crippen molar-refractivity contribution in [3.05, 3.63) is 30.3 Å². The summed E-state index contributed by atoms with van der Waals surface area (Å²) in [5, 5.41) is 18.8. The molecule has 2 N–H and O–H groups in total. The second-order valence-electron chi connectivity index (χ2n) is 5.72. The lowest BCUT2D eigenvalue weighted by Gasteiger charge is -2.26. The Morgan fingerprint density at radius 1 is 0.913 bits per heavy atom. The van der Waals surface area contributed by atoms with Crippen LogP contribution in [-0.4, -0.2) is 27.8 Å². The summed E-state index contributed by atoms with van der Waals surface area (Å²) >= 11 is 0. The molecule has 0 radical (unpaired) electrons. The maximum absolute atomic E-state index is 11.6. The van der Waals surface area contributed by atoms with Crippen molar-refractivity contribution in [1.29, 1.82) is 0 Å². The van der Waals surface area contributed by atoms with Gasteiger partial charge in [0.25, 0.3) is 0 Å². The summed E-state index contributed by atoms with van der Waals surface area (Å²) in [6.45, 7) is 2.15. The highest BCUT2D eigenvalue weighted by Crippen LogP contribution is 2.25. The molecule has 0 bridgehead atoms. The largest absolute Gasteiger partial charge is 0.478 e. The van der Waals surface area contributed by atoms with Crippen molar-refractivity contribution in [1.82, 2.24) is 0 Å². The minimum Gasteiger partial charge on any atom is -0.478 e. The van der Waals surface area contributed by atoms with E-state index in [2.05, 4.69) is 6.92 Å². The smallest absolute Gasteiger partial charge is 0.360 e. The summed E-state index contributed by atoms with van der Waals surface area (Å²) in [5.41, 5.74) is -2.22. The van der Waals surface area contributed by atoms with Crippen LogP contribution in [0.15, 0.2) is 30.3 Å². The van der Waals surface area contributed by atoms with Crippen molar-refractivity contribution >= 4 is 11.9 Å². The Labute approximate surface area is 137 Å². The van der Waals surface area contributed by atoms with Gasteiger partial charge in [-0.3, -0.25) is 0 Å². The van der Waals surface area contributed by atoms with Gasteiger partial charge in [0.1, 0.15) is 5.75 Å². The zero-order valence-electron chi connectivity index (χ0n) is 13.7. The first-order chi connectivity index (χ1) is 11.0. The number of rotatable bonds is 12. The molecular weight excluding hydrogens is 296 g/mol. The van der Waals surface area contributed by atoms with Crippen molar-refractivity contribution in [2.45, 2.75) is 63.9 Å². The number of aliphatic carboxylic acids is 2. The fourth-order valence-corrected chi connectivity index (χ4v) is 2.46. The molecule has 0 amide bonds. The van der Waals surface area contributed by atoms with Crippen LogP contribution in [0.5, 0.6) is 5.75 Å². The molecule has 0 aliphatic heterocycles. The summed E-state index contributed by atoms with van der Waals surface area (Å²) in [6, 6.07) is 8.23. The predicted octanol–water partition coefficient (Wildman–Crippen LogP) is 4.11. The summed E-state index contributed by atoms with van der Waals surface area (Å²) in [7, 11) is 0. The van der Waals surface area contributed by atoms with Crippen LogP contribution in [-0.2, 0) is 9.59 Å². The Balaban J connectivity index is 2.62. The lowest BCUT2D eigenvalue weighted by Crippen LogP contribution is -2.51. The molecule has 0 spiro atoms. The van der Waals surface area contributed by atoms with Gasteiger partial charge < -0.3 is 14.9 Å². The Kier molecular flexibility index (Phi) is 8.16. The van der Waals surface area contributed by atoms with E-state index in [-0.39, 0.29) is 12.2 Å². The number of benzene rings is 1. The van der Waals surface area contributed by atoms with Crippen LogP contribution in [0.25, 0.3) is 0 Å². The number of ether oxygens (including phenoxy) is 1. The summed E-state index contributed by atoms with van der Waals surface area (Å²) in [6.07, 6.45) is 6.90. The molecule has 5 nitrogen and oxygen atoms in total. The van der Waals surface area contributed by atoms with Gasteiger partial charge in [-0.2, -0.15) is 0 Å². The third-order valence-electron chi connectivity index (χ3n) is 3.86. The molecule has 0 saturated carbocycles. The molecule has 1 aromatic rings. The molecule has 5 heteroatoms. The molecule has 0 unspecified atom stereocenters. The van der Waals surface area contributed by atoms with E-state index in [9.17, 15) is 19.8 Å². The SMILES string of the molecule is CCCCCCCCCC(Oc1ccccc1)(C(=O)O)C(=O)O. The van der Waals surface area contributed by atoms with Crippen LogP contribution in [0, 0.1) is 0 Å². The topological polar surface area (TPSA) is 83.8 Å². The second-order valence-corrected chi connectivity index (χ2v) is 5.72. The van der Waals surface area contributed by atoms with Crippen LogP contribution in [0.4, 0.5) is 0 Å². The maximum Gasteiger partial charge on any atom is 0.360 e. The van der Waals surface area contributed by atoms with E-state index in [1.54, 1.807) is 30.3 Å². The van der Waals surface area contributed by atoms with Crippen molar-refractivity contribution in [2.24, 2.45) is 0 Å². The van der Waals surface area contributed by atoms with E-state index in [1.807, 2.05) is 0 Å². The Morgan fingerprint density at radius 2 is 1.43 bits per heavy atom. The highest BCUT2D eigenvalue weighted by molar-refractivity contribution is 6.02. The minimum absolute atomic E-state index is 0.0413. The Morgan fingerprint density at radius 3 is 1.96 bits per heavy atom. The highest BCUT2D eigenvalue weighted by atomic mass is 16.6. The van der Waals surface area contributed by atoms with Gasteiger partial charge in [-0.15, -0.1) is 0 Å². The van der Waals surface area contributed by atoms with E-state index in [4.69, 9.17) is 4.74 Å². The van der Waals surface area contributed by atoms with Crippen LogP contribution in [0.2, 0.25) is 0 Å². The standard InChI is InChI=1S/C18H26O5/c1-2-3-4-5-6-7-11-14-18(16(19)20,17(21)22)23-15-12-9-8-10-13-15/h8-10,12-13H,2-7,11,14H2,1H3,(H,19,20)(H,21,22). The van der Waals surface area contributed by atoms with Crippen LogP contribution < -0.4 is 4.74 Å².